The van der Waals surface area contributed by atoms with Crippen molar-refractivity contribution >= 4 is 80.6 Å². The third kappa shape index (κ3) is 49.6. The summed E-state index contributed by atoms with van der Waals surface area (Å²) in [6.07, 6.45) is 0. The molecule has 0 aliphatic heterocycles. The minimum atomic E-state index is -2.17. The van der Waals surface area contributed by atoms with E-state index in [1.165, 1.54) is 0 Å². The molecule has 0 spiro atoms. The molecule has 0 aromatic rings. The van der Waals surface area contributed by atoms with Crippen molar-refractivity contribution in [1.82, 2.24) is 0 Å². The Hall–Kier alpha value is 2.96. The van der Waals surface area contributed by atoms with Gasteiger partial charge in [0, 0.05) is 19.5 Å². The predicted octanol–water partition coefficient (Wildman–Crippen LogP) is -3.39. The molecule has 7 heteroatoms. The van der Waals surface area contributed by atoms with Crippen LogP contribution in [0.4, 0.5) is 0 Å². The first-order valence-electron chi connectivity index (χ1n) is 0.775. The fourth-order valence-electron chi connectivity index (χ4n) is 0. The van der Waals surface area contributed by atoms with Crippen LogP contribution in [0.2, 0.25) is 0 Å². The Balaban J connectivity index is -0.00000000450. The molecule has 38 valence electrons. The summed E-state index contributed by atoms with van der Waals surface area (Å²) in [6.45, 7) is 0. The quantitative estimate of drug-likeness (QED) is 0.378. The first-order valence-corrected chi connectivity index (χ1v) is 0.775. The molecule has 0 radical (unpaired) electrons. The summed E-state index contributed by atoms with van der Waals surface area (Å²) in [5.74, 6) is 0. The van der Waals surface area contributed by atoms with Gasteiger partial charge in [0.2, 0.25) is 0 Å². The molecule has 0 amide bonds. The van der Waals surface area contributed by atoms with Crippen LogP contribution in [0.15, 0.2) is 0 Å². The van der Waals surface area contributed by atoms with Crippen molar-refractivity contribution in [2.45, 2.75) is 0 Å². The summed E-state index contributed by atoms with van der Waals surface area (Å²) < 4.78 is 0. The normalized spacial score (nSPS) is 3.86. The van der Waals surface area contributed by atoms with E-state index in [0.717, 1.165) is 0 Å². The zero-order valence-corrected chi connectivity index (χ0v) is 15.5. The van der Waals surface area contributed by atoms with E-state index in [2.05, 4.69) is 0 Å². The number of hydrogen-bond donors (Lipinski definition) is 3. The topological polar surface area (TPSA) is 60.7 Å². The molecule has 0 heterocycles. The summed E-state index contributed by atoms with van der Waals surface area (Å²) in [7, 11) is -2.17. The van der Waals surface area contributed by atoms with E-state index in [4.69, 9.17) is 15.1 Å². The van der Waals surface area contributed by atoms with Gasteiger partial charge in [0.25, 0.3) is 0 Å². The molecular weight excluding hydrogens is 383 g/mol. The van der Waals surface area contributed by atoms with Crippen molar-refractivity contribution in [3.05, 3.63) is 0 Å². The minimum absolute atomic E-state index is 0. The van der Waals surface area contributed by atoms with E-state index in [-0.39, 0.29) is 95.6 Å². The van der Waals surface area contributed by atoms with E-state index in [1.54, 1.807) is 0 Å². The smallest absolute Gasteiger partial charge is 0 e. The molecular formula is H8BBaO3SbZn. The second-order valence-corrected chi connectivity index (χ2v) is 0.346. The first kappa shape index (κ1) is 22.5. The van der Waals surface area contributed by atoms with E-state index in [1.807, 2.05) is 0 Å². The standard InChI is InChI=1S/BH3O3.Ba.Sb.Zn.5H/c2-1(3)4;;;;;;;;/h2-4H;;;;;;;;/q;+2;;;;;;2*-1. The van der Waals surface area contributed by atoms with Gasteiger partial charge < -0.3 is 17.9 Å². The molecule has 0 bridgehead atoms. The third-order valence-corrected chi connectivity index (χ3v) is 0. The summed E-state index contributed by atoms with van der Waals surface area (Å²) >= 11 is 0. The van der Waals surface area contributed by atoms with E-state index >= 15 is 0 Å². The third-order valence-electron chi connectivity index (χ3n) is 0. The first-order chi connectivity index (χ1) is 1.73. The van der Waals surface area contributed by atoms with Crippen LogP contribution in [0.1, 0.15) is 2.85 Å². The number of rotatable bonds is 0. The minimum Gasteiger partial charge on any atom is 0 e. The van der Waals surface area contributed by atoms with Gasteiger partial charge in [0.05, 0.1) is 0 Å². The van der Waals surface area contributed by atoms with Crippen molar-refractivity contribution < 1.29 is 37.4 Å². The van der Waals surface area contributed by atoms with E-state index < -0.39 is 7.32 Å². The second-order valence-electron chi connectivity index (χ2n) is 0.346. The largest absolute Gasteiger partial charge is 0 e. The molecule has 0 saturated heterocycles. The van der Waals surface area contributed by atoms with Crippen LogP contribution >= 0.6 is 0 Å². The zero-order valence-electron chi connectivity index (χ0n) is 6.04. The monoisotopic (exact) mass is 390 g/mol. The van der Waals surface area contributed by atoms with Crippen LogP contribution in [0.25, 0.3) is 0 Å². The Kier molecular flexibility index (Phi) is 51.4. The molecule has 3 nitrogen and oxygen atoms in total. The molecule has 0 aliphatic carbocycles. The van der Waals surface area contributed by atoms with Gasteiger partial charge in [-0.1, -0.05) is 0 Å². The summed E-state index contributed by atoms with van der Waals surface area (Å²) in [4.78, 5) is 0. The van der Waals surface area contributed by atoms with Crippen molar-refractivity contribution in [2.75, 3.05) is 0 Å². The van der Waals surface area contributed by atoms with Crippen LogP contribution in [0, 0.1) is 0 Å². The van der Waals surface area contributed by atoms with Gasteiger partial charge in [-0.15, -0.1) is 0 Å². The Bertz CT molecular complexity index is 26.5. The molecule has 0 aliphatic rings. The van der Waals surface area contributed by atoms with Crippen LogP contribution in [-0.4, -0.2) is 95.7 Å². The average molecular weight is 391 g/mol. The van der Waals surface area contributed by atoms with E-state index in [9.17, 15) is 0 Å². The Morgan fingerprint density at radius 3 is 1.14 bits per heavy atom. The van der Waals surface area contributed by atoms with Crippen molar-refractivity contribution in [1.29, 1.82) is 0 Å². The Morgan fingerprint density at radius 1 is 1.14 bits per heavy atom. The molecule has 0 rings (SSSR count). The summed E-state index contributed by atoms with van der Waals surface area (Å²) in [5.41, 5.74) is 0. The Morgan fingerprint density at radius 2 is 1.14 bits per heavy atom. The maximum atomic E-state index is 7.17. The SMILES string of the molecule is OB(O)O.[Ba+2].[H-].[H-].[SbH3].[Zn]. The number of hydrogen-bond acceptors (Lipinski definition) is 3. The molecule has 0 fully saturated rings. The molecule has 0 unspecified atom stereocenters. The maximum absolute atomic E-state index is 7.17. The van der Waals surface area contributed by atoms with Crippen LogP contribution in [-0.2, 0) is 19.5 Å². The van der Waals surface area contributed by atoms with E-state index in [0.29, 0.717) is 0 Å². The fraction of sp³-hybridized carbons (Fsp3) is 0. The summed E-state index contributed by atoms with van der Waals surface area (Å²) in [6, 6.07) is 0. The van der Waals surface area contributed by atoms with Gasteiger partial charge in [-0.2, -0.15) is 0 Å². The molecule has 3 N–H and O–H groups in total. The van der Waals surface area contributed by atoms with Gasteiger partial charge >= 0.3 is 80.6 Å². The van der Waals surface area contributed by atoms with Crippen molar-refractivity contribution in [3.8, 4) is 0 Å². The average Bonchev–Trinajstić information content (AvgIpc) is 0.811. The summed E-state index contributed by atoms with van der Waals surface area (Å²) in [5, 5.41) is 21.5. The molecule has 0 saturated carbocycles. The van der Waals surface area contributed by atoms with Gasteiger partial charge in [-0.25, -0.2) is 0 Å². The van der Waals surface area contributed by atoms with Crippen molar-refractivity contribution in [3.63, 3.8) is 0 Å². The molecule has 0 aromatic heterocycles. The van der Waals surface area contributed by atoms with Crippen LogP contribution < -0.4 is 0 Å². The maximum Gasteiger partial charge on any atom is 0 e. The second kappa shape index (κ2) is 16.0. The molecule has 0 aromatic carbocycles. The van der Waals surface area contributed by atoms with Gasteiger partial charge in [0.1, 0.15) is 0 Å². The van der Waals surface area contributed by atoms with Gasteiger partial charge in [-0.05, 0) is 0 Å². The van der Waals surface area contributed by atoms with Crippen LogP contribution in [0.3, 0.4) is 0 Å². The Labute approximate surface area is 116 Å². The van der Waals surface area contributed by atoms with Gasteiger partial charge in [-0.3, -0.25) is 0 Å². The van der Waals surface area contributed by atoms with Crippen molar-refractivity contribution in [2.24, 2.45) is 0 Å². The predicted molar refractivity (Wildman–Crippen MR) is 30.3 cm³/mol. The van der Waals surface area contributed by atoms with Crippen LogP contribution in [0.5, 0.6) is 0 Å². The fourth-order valence-corrected chi connectivity index (χ4v) is 0. The molecule has 0 atom stereocenters. The molecule has 7 heavy (non-hydrogen) atoms. The van der Waals surface area contributed by atoms with Gasteiger partial charge in [0.15, 0.2) is 0 Å². The zero-order chi connectivity index (χ0) is 3.58.